The van der Waals surface area contributed by atoms with Crippen molar-refractivity contribution in [2.45, 2.75) is 45.9 Å². The maximum Gasteiger partial charge on any atom is 0.249 e. The molecule has 166 valence electrons. The van der Waals surface area contributed by atoms with E-state index in [0.29, 0.717) is 12.1 Å². The first-order valence-electron chi connectivity index (χ1n) is 10.3. The van der Waals surface area contributed by atoms with E-state index in [1.807, 2.05) is 32.9 Å². The molecule has 1 saturated heterocycles. The number of carbonyl (C=O) groups excluding carboxylic acids is 2. The van der Waals surface area contributed by atoms with Gasteiger partial charge in [-0.25, -0.2) is 4.39 Å². The van der Waals surface area contributed by atoms with Crippen LogP contribution in [-0.4, -0.2) is 41.1 Å². The minimum atomic E-state index is -0.576. The normalized spacial score (nSPS) is 19.4. The number of hydrogen-bond acceptors (Lipinski definition) is 4. The highest BCUT2D eigenvalue weighted by Crippen LogP contribution is 2.31. The fourth-order valence-corrected chi connectivity index (χ4v) is 3.65. The van der Waals surface area contributed by atoms with E-state index in [4.69, 9.17) is 4.74 Å². The number of ether oxygens (including phenoxy) is 1. The Morgan fingerprint density at radius 2 is 1.81 bits per heavy atom. The van der Waals surface area contributed by atoms with Crippen LogP contribution in [0, 0.1) is 11.2 Å². The molecule has 1 heterocycles. The lowest BCUT2D eigenvalue weighted by molar-refractivity contribution is -0.162. The van der Waals surface area contributed by atoms with Crippen LogP contribution in [0.15, 0.2) is 48.5 Å². The first-order chi connectivity index (χ1) is 14.7. The third-order valence-electron chi connectivity index (χ3n) is 5.12. The zero-order chi connectivity index (χ0) is 22.6. The average molecular weight is 429 g/mol. The molecule has 2 aromatic carbocycles. The Labute approximate surface area is 182 Å². The Bertz CT molecular complexity index is 907. The van der Waals surface area contributed by atoms with Crippen LogP contribution in [0.5, 0.6) is 0 Å². The summed E-state index contributed by atoms with van der Waals surface area (Å²) >= 11 is 0. The highest BCUT2D eigenvalue weighted by Gasteiger charge is 2.37. The Kier molecular flexibility index (Phi) is 7.08. The average Bonchev–Trinajstić information content (AvgIpc) is 2.70. The van der Waals surface area contributed by atoms with Gasteiger partial charge in [-0.1, -0.05) is 45.0 Å². The number of hydrogen-bond donors (Lipinski definition) is 2. The van der Waals surface area contributed by atoms with E-state index in [0.717, 1.165) is 11.1 Å². The predicted molar refractivity (Wildman–Crippen MR) is 116 cm³/mol. The monoisotopic (exact) mass is 428 g/mol. The summed E-state index contributed by atoms with van der Waals surface area (Å²) in [5.74, 6) is -0.632. The summed E-state index contributed by atoms with van der Waals surface area (Å²) in [5.41, 5.74) is 2.14. The number of aliphatic hydroxyl groups is 1. The van der Waals surface area contributed by atoms with Crippen molar-refractivity contribution in [3.05, 3.63) is 65.5 Å². The lowest BCUT2D eigenvalue weighted by Crippen LogP contribution is -2.52. The van der Waals surface area contributed by atoms with Gasteiger partial charge in [0, 0.05) is 18.7 Å². The third-order valence-corrected chi connectivity index (χ3v) is 5.12. The van der Waals surface area contributed by atoms with E-state index in [1.165, 1.54) is 12.1 Å². The molecule has 1 fully saturated rings. The summed E-state index contributed by atoms with van der Waals surface area (Å²) in [6.07, 6.45) is -0.101. The molecule has 0 radical (unpaired) electrons. The number of halogens is 1. The van der Waals surface area contributed by atoms with E-state index < -0.39 is 12.1 Å². The molecule has 0 spiro atoms. The molecule has 0 aliphatic carbocycles. The zero-order valence-corrected chi connectivity index (χ0v) is 18.1. The summed E-state index contributed by atoms with van der Waals surface area (Å²) in [7, 11) is 0. The number of morpholine rings is 1. The Morgan fingerprint density at radius 1 is 1.16 bits per heavy atom. The van der Waals surface area contributed by atoms with Gasteiger partial charge in [-0.15, -0.1) is 0 Å². The van der Waals surface area contributed by atoms with E-state index in [-0.39, 0.29) is 42.8 Å². The van der Waals surface area contributed by atoms with Gasteiger partial charge in [-0.2, -0.15) is 0 Å². The highest BCUT2D eigenvalue weighted by molar-refractivity contribution is 5.91. The van der Waals surface area contributed by atoms with Crippen LogP contribution < -0.4 is 5.32 Å². The molecule has 0 saturated carbocycles. The lowest BCUT2D eigenvalue weighted by Gasteiger charge is -2.40. The van der Waals surface area contributed by atoms with Crippen LogP contribution in [-0.2, 0) is 20.9 Å². The van der Waals surface area contributed by atoms with E-state index >= 15 is 0 Å². The highest BCUT2D eigenvalue weighted by atomic mass is 19.1. The molecule has 0 unspecified atom stereocenters. The molecule has 2 N–H and O–H groups in total. The minimum absolute atomic E-state index is 0.0570. The van der Waals surface area contributed by atoms with Crippen molar-refractivity contribution in [3.8, 4) is 0 Å². The number of amides is 2. The number of aliphatic hydroxyl groups excluding tert-OH is 1. The molecule has 2 amide bonds. The molecule has 3 rings (SSSR count). The molecule has 0 bridgehead atoms. The van der Waals surface area contributed by atoms with Crippen molar-refractivity contribution in [2.75, 3.05) is 18.5 Å². The Morgan fingerprint density at radius 3 is 2.39 bits per heavy atom. The van der Waals surface area contributed by atoms with Gasteiger partial charge in [-0.3, -0.25) is 9.59 Å². The maximum atomic E-state index is 13.2. The summed E-state index contributed by atoms with van der Waals surface area (Å²) < 4.78 is 18.9. The van der Waals surface area contributed by atoms with Crippen molar-refractivity contribution >= 4 is 17.5 Å². The van der Waals surface area contributed by atoms with Crippen LogP contribution in [0.2, 0.25) is 0 Å². The van der Waals surface area contributed by atoms with Crippen LogP contribution in [0.1, 0.15) is 44.4 Å². The summed E-state index contributed by atoms with van der Waals surface area (Å²) in [5, 5.41) is 12.9. The number of benzene rings is 2. The van der Waals surface area contributed by atoms with E-state index in [2.05, 4.69) is 5.32 Å². The van der Waals surface area contributed by atoms with Gasteiger partial charge in [0.15, 0.2) is 0 Å². The number of anilines is 1. The number of nitrogens with zero attached hydrogens (tertiary/aromatic N) is 1. The van der Waals surface area contributed by atoms with Gasteiger partial charge < -0.3 is 20.1 Å². The predicted octanol–water partition coefficient (Wildman–Crippen LogP) is 3.66. The molecule has 2 atom stereocenters. The largest absolute Gasteiger partial charge is 0.394 e. The molecule has 0 aromatic heterocycles. The fourth-order valence-electron chi connectivity index (χ4n) is 3.65. The maximum absolute atomic E-state index is 13.2. The van der Waals surface area contributed by atoms with E-state index in [9.17, 15) is 19.1 Å². The second-order valence-corrected chi connectivity index (χ2v) is 9.04. The zero-order valence-electron chi connectivity index (χ0n) is 18.1. The van der Waals surface area contributed by atoms with Crippen molar-refractivity contribution in [1.29, 1.82) is 0 Å². The van der Waals surface area contributed by atoms with Crippen molar-refractivity contribution in [2.24, 2.45) is 5.41 Å². The van der Waals surface area contributed by atoms with Crippen LogP contribution in [0.25, 0.3) is 0 Å². The number of nitrogens with one attached hydrogen (secondary N) is 1. The minimum Gasteiger partial charge on any atom is -0.394 e. The summed E-state index contributed by atoms with van der Waals surface area (Å²) in [4.78, 5) is 26.2. The van der Waals surface area contributed by atoms with Crippen LogP contribution in [0.4, 0.5) is 10.1 Å². The van der Waals surface area contributed by atoms with Crippen LogP contribution >= 0.6 is 0 Å². The van der Waals surface area contributed by atoms with Crippen LogP contribution in [0.3, 0.4) is 0 Å². The smallest absolute Gasteiger partial charge is 0.249 e. The molecule has 7 heteroatoms. The van der Waals surface area contributed by atoms with Crippen molar-refractivity contribution in [3.63, 3.8) is 0 Å². The molecule has 1 aliphatic rings. The molecule has 6 nitrogen and oxygen atoms in total. The standard InChI is InChI=1S/C24H29FN2O4/c1-24(2,3)12-21(29)26-19-10-6-17(7-11-19)23-20(14-28)27(22(30)15-31-23)13-16-4-8-18(25)9-5-16/h4-11,20,23,28H,12-15H2,1-3H3,(H,26,29)/t20-,23-/m1/s1. The van der Waals surface area contributed by atoms with Gasteiger partial charge in [0.1, 0.15) is 18.5 Å². The molecule has 1 aliphatic heterocycles. The van der Waals surface area contributed by atoms with E-state index in [1.54, 1.807) is 29.2 Å². The van der Waals surface area contributed by atoms with Gasteiger partial charge in [0.2, 0.25) is 11.8 Å². The van der Waals surface area contributed by atoms with Crippen molar-refractivity contribution in [1.82, 2.24) is 4.90 Å². The second-order valence-electron chi connectivity index (χ2n) is 9.04. The quantitative estimate of drug-likeness (QED) is 0.736. The summed E-state index contributed by atoms with van der Waals surface area (Å²) in [6, 6.07) is 12.6. The third kappa shape index (κ3) is 6.12. The Hall–Kier alpha value is -2.77. The van der Waals surface area contributed by atoms with Gasteiger partial charge in [-0.05, 0) is 40.8 Å². The molecule has 2 aromatic rings. The number of rotatable bonds is 6. The molecule has 31 heavy (non-hydrogen) atoms. The first kappa shape index (κ1) is 22.9. The number of carbonyl (C=O) groups is 2. The van der Waals surface area contributed by atoms with Gasteiger partial charge in [0.05, 0.1) is 12.6 Å². The second kappa shape index (κ2) is 9.58. The first-order valence-corrected chi connectivity index (χ1v) is 10.3. The lowest BCUT2D eigenvalue weighted by atomic mass is 9.92. The molecular weight excluding hydrogens is 399 g/mol. The topological polar surface area (TPSA) is 78.9 Å². The SMILES string of the molecule is CC(C)(C)CC(=O)Nc1ccc([C@H]2OCC(=O)N(Cc3ccc(F)cc3)[C@@H]2CO)cc1. The van der Waals surface area contributed by atoms with Gasteiger partial charge in [0.25, 0.3) is 0 Å². The molecular formula is C24H29FN2O4. The van der Waals surface area contributed by atoms with Gasteiger partial charge >= 0.3 is 0 Å². The summed E-state index contributed by atoms with van der Waals surface area (Å²) in [6.45, 7) is 5.89. The van der Waals surface area contributed by atoms with Crippen molar-refractivity contribution < 1.29 is 23.8 Å². The fraction of sp³-hybridized carbons (Fsp3) is 0.417. The Balaban J connectivity index is 1.72.